The number of aromatic nitrogens is 1. The molecule has 2 heterocycles. The van der Waals surface area contributed by atoms with E-state index in [4.69, 9.17) is 9.72 Å². The van der Waals surface area contributed by atoms with Gasteiger partial charge in [0.2, 0.25) is 0 Å². The first-order valence-electron chi connectivity index (χ1n) is 9.04. The van der Waals surface area contributed by atoms with Gasteiger partial charge in [-0.3, -0.25) is 4.98 Å². The van der Waals surface area contributed by atoms with E-state index in [2.05, 4.69) is 55.1 Å². The number of hydrogen-bond donors (Lipinski definition) is 0. The zero-order valence-electron chi connectivity index (χ0n) is 15.0. The summed E-state index contributed by atoms with van der Waals surface area (Å²) in [5, 5.41) is 1.24. The van der Waals surface area contributed by atoms with Gasteiger partial charge in [-0.2, -0.15) is 0 Å². The SMILES string of the molecule is Cc1cccc(OCc2ccc3c(N4CCCC4)cc(C)nc3c2)c1. The van der Waals surface area contributed by atoms with Crippen LogP contribution in [0.15, 0.2) is 48.5 Å². The van der Waals surface area contributed by atoms with Crippen molar-refractivity contribution in [2.24, 2.45) is 0 Å². The standard InChI is InChI=1S/C22H24N2O/c1-16-6-5-7-19(12-16)25-15-18-8-9-20-21(14-18)23-17(2)13-22(20)24-10-3-4-11-24/h5-9,12-14H,3-4,10-11,15H2,1-2H3. The first-order chi connectivity index (χ1) is 12.2. The molecule has 0 amide bonds. The highest BCUT2D eigenvalue weighted by molar-refractivity contribution is 5.92. The van der Waals surface area contributed by atoms with E-state index in [1.54, 1.807) is 0 Å². The van der Waals surface area contributed by atoms with Crippen molar-refractivity contribution in [3.63, 3.8) is 0 Å². The third-order valence-electron chi connectivity index (χ3n) is 4.82. The number of hydrogen-bond acceptors (Lipinski definition) is 3. The zero-order chi connectivity index (χ0) is 17.2. The first kappa shape index (κ1) is 15.9. The molecule has 2 aromatic carbocycles. The molecule has 0 spiro atoms. The number of ether oxygens (including phenoxy) is 1. The van der Waals surface area contributed by atoms with Gasteiger partial charge in [-0.25, -0.2) is 0 Å². The van der Waals surface area contributed by atoms with E-state index < -0.39 is 0 Å². The van der Waals surface area contributed by atoms with Crippen LogP contribution in [0.1, 0.15) is 29.7 Å². The summed E-state index contributed by atoms with van der Waals surface area (Å²) in [4.78, 5) is 7.24. The minimum atomic E-state index is 0.564. The van der Waals surface area contributed by atoms with Gasteiger partial charge >= 0.3 is 0 Å². The summed E-state index contributed by atoms with van der Waals surface area (Å²) in [5.41, 5.74) is 5.83. The van der Waals surface area contributed by atoms with Gasteiger partial charge in [-0.1, -0.05) is 24.3 Å². The molecule has 0 atom stereocenters. The second kappa shape index (κ2) is 6.75. The van der Waals surface area contributed by atoms with Gasteiger partial charge in [0.1, 0.15) is 12.4 Å². The summed E-state index contributed by atoms with van der Waals surface area (Å²) < 4.78 is 5.94. The van der Waals surface area contributed by atoms with Crippen molar-refractivity contribution in [2.45, 2.75) is 33.3 Å². The quantitative estimate of drug-likeness (QED) is 0.670. The first-order valence-corrected chi connectivity index (χ1v) is 9.04. The van der Waals surface area contributed by atoms with Gasteiger partial charge in [-0.05, 0) is 62.1 Å². The second-order valence-electron chi connectivity index (χ2n) is 6.93. The molecule has 0 saturated carbocycles. The van der Waals surface area contributed by atoms with Crippen LogP contribution in [0.5, 0.6) is 5.75 Å². The Balaban J connectivity index is 1.61. The lowest BCUT2D eigenvalue weighted by Crippen LogP contribution is -2.18. The van der Waals surface area contributed by atoms with Crippen molar-refractivity contribution < 1.29 is 4.74 Å². The van der Waals surface area contributed by atoms with Crippen molar-refractivity contribution in [1.82, 2.24) is 4.98 Å². The maximum Gasteiger partial charge on any atom is 0.120 e. The van der Waals surface area contributed by atoms with Crippen molar-refractivity contribution in [3.05, 3.63) is 65.4 Å². The number of anilines is 1. The lowest BCUT2D eigenvalue weighted by molar-refractivity contribution is 0.306. The normalized spacial score (nSPS) is 14.2. The number of rotatable bonds is 4. The van der Waals surface area contributed by atoms with E-state index in [-0.39, 0.29) is 0 Å². The monoisotopic (exact) mass is 332 g/mol. The largest absolute Gasteiger partial charge is 0.489 e. The highest BCUT2D eigenvalue weighted by Crippen LogP contribution is 2.30. The van der Waals surface area contributed by atoms with Crippen LogP contribution >= 0.6 is 0 Å². The summed E-state index contributed by atoms with van der Waals surface area (Å²) in [6.45, 7) is 7.02. The molecule has 1 saturated heterocycles. The van der Waals surface area contributed by atoms with Crippen molar-refractivity contribution in [3.8, 4) is 5.75 Å². The lowest BCUT2D eigenvalue weighted by atomic mass is 10.1. The molecular weight excluding hydrogens is 308 g/mol. The fraction of sp³-hybridized carbons (Fsp3) is 0.318. The molecule has 1 aromatic heterocycles. The highest BCUT2D eigenvalue weighted by Gasteiger charge is 2.16. The summed E-state index contributed by atoms with van der Waals surface area (Å²) in [6.07, 6.45) is 2.57. The average molecular weight is 332 g/mol. The third kappa shape index (κ3) is 3.46. The topological polar surface area (TPSA) is 25.4 Å². The Morgan fingerprint density at radius 2 is 1.84 bits per heavy atom. The van der Waals surface area contributed by atoms with Crippen LogP contribution in [-0.4, -0.2) is 18.1 Å². The predicted octanol–water partition coefficient (Wildman–Crippen LogP) is 5.03. The third-order valence-corrected chi connectivity index (χ3v) is 4.82. The molecule has 0 radical (unpaired) electrons. The molecule has 1 aliphatic heterocycles. The van der Waals surface area contributed by atoms with Crippen LogP contribution in [0.25, 0.3) is 10.9 Å². The fourth-order valence-electron chi connectivity index (χ4n) is 3.57. The maximum absolute atomic E-state index is 5.94. The summed E-state index contributed by atoms with van der Waals surface area (Å²) in [6, 6.07) is 16.9. The maximum atomic E-state index is 5.94. The van der Waals surface area contributed by atoms with Crippen molar-refractivity contribution >= 4 is 16.6 Å². The molecular formula is C22H24N2O. The number of aryl methyl sites for hydroxylation is 2. The number of benzene rings is 2. The van der Waals surface area contributed by atoms with E-state index >= 15 is 0 Å². The Hall–Kier alpha value is -2.55. The minimum Gasteiger partial charge on any atom is -0.489 e. The fourth-order valence-corrected chi connectivity index (χ4v) is 3.57. The molecule has 0 bridgehead atoms. The molecule has 3 heteroatoms. The molecule has 0 N–H and O–H groups in total. The van der Waals surface area contributed by atoms with Gasteiger partial charge in [0.25, 0.3) is 0 Å². The van der Waals surface area contributed by atoms with E-state index in [0.717, 1.165) is 35.6 Å². The minimum absolute atomic E-state index is 0.564. The molecule has 25 heavy (non-hydrogen) atoms. The molecule has 0 aliphatic carbocycles. The van der Waals surface area contributed by atoms with Crippen molar-refractivity contribution in [2.75, 3.05) is 18.0 Å². The Morgan fingerprint density at radius 3 is 2.64 bits per heavy atom. The summed E-state index contributed by atoms with van der Waals surface area (Å²) in [7, 11) is 0. The molecule has 1 aliphatic rings. The molecule has 3 nitrogen and oxygen atoms in total. The van der Waals surface area contributed by atoms with E-state index in [0.29, 0.717) is 6.61 Å². The average Bonchev–Trinajstić information content (AvgIpc) is 3.13. The van der Waals surface area contributed by atoms with Crippen LogP contribution in [-0.2, 0) is 6.61 Å². The van der Waals surface area contributed by atoms with Gasteiger partial charge in [-0.15, -0.1) is 0 Å². The molecule has 4 rings (SSSR count). The number of nitrogens with zero attached hydrogens (tertiary/aromatic N) is 2. The number of fused-ring (bicyclic) bond motifs is 1. The Bertz CT molecular complexity index is 898. The van der Waals surface area contributed by atoms with Gasteiger partial charge in [0.05, 0.1) is 5.52 Å². The Kier molecular flexibility index (Phi) is 4.31. The van der Waals surface area contributed by atoms with Crippen LogP contribution < -0.4 is 9.64 Å². The van der Waals surface area contributed by atoms with Gasteiger partial charge in [0.15, 0.2) is 0 Å². The van der Waals surface area contributed by atoms with Crippen LogP contribution in [0.4, 0.5) is 5.69 Å². The molecule has 3 aromatic rings. The van der Waals surface area contributed by atoms with Crippen LogP contribution in [0.2, 0.25) is 0 Å². The Morgan fingerprint density at radius 1 is 1.00 bits per heavy atom. The van der Waals surface area contributed by atoms with Crippen LogP contribution in [0.3, 0.4) is 0 Å². The van der Waals surface area contributed by atoms with E-state index in [1.807, 2.05) is 12.1 Å². The number of pyridine rings is 1. The van der Waals surface area contributed by atoms with E-state index in [9.17, 15) is 0 Å². The zero-order valence-corrected chi connectivity index (χ0v) is 15.0. The van der Waals surface area contributed by atoms with Gasteiger partial charge < -0.3 is 9.64 Å². The Labute approximate surface area is 149 Å². The van der Waals surface area contributed by atoms with Crippen molar-refractivity contribution in [1.29, 1.82) is 0 Å². The molecule has 0 unspecified atom stereocenters. The lowest BCUT2D eigenvalue weighted by Gasteiger charge is -2.20. The predicted molar refractivity (Wildman–Crippen MR) is 103 cm³/mol. The van der Waals surface area contributed by atoms with Crippen LogP contribution in [0, 0.1) is 13.8 Å². The summed E-state index contributed by atoms with van der Waals surface area (Å²) in [5.74, 6) is 0.912. The van der Waals surface area contributed by atoms with E-state index in [1.165, 1.54) is 29.5 Å². The highest BCUT2D eigenvalue weighted by atomic mass is 16.5. The summed E-state index contributed by atoms with van der Waals surface area (Å²) >= 11 is 0. The smallest absolute Gasteiger partial charge is 0.120 e. The van der Waals surface area contributed by atoms with Gasteiger partial charge in [0, 0.05) is 29.9 Å². The molecule has 128 valence electrons. The second-order valence-corrected chi connectivity index (χ2v) is 6.93. The molecule has 1 fully saturated rings.